The number of nitrogens with one attached hydrogen (secondary N) is 1. The summed E-state index contributed by atoms with van der Waals surface area (Å²) < 4.78 is 0. The van der Waals surface area contributed by atoms with Crippen molar-refractivity contribution in [1.29, 1.82) is 0 Å². The van der Waals surface area contributed by atoms with Crippen LogP contribution >= 0.6 is 0 Å². The van der Waals surface area contributed by atoms with Gasteiger partial charge in [-0.3, -0.25) is 4.99 Å². The van der Waals surface area contributed by atoms with Crippen molar-refractivity contribution in [2.75, 3.05) is 0 Å². The Morgan fingerprint density at radius 2 is 2.50 bits per heavy atom. The molecule has 2 heteroatoms. The molecule has 1 N–H and O–H groups in total. The van der Waals surface area contributed by atoms with Crippen LogP contribution in [0.25, 0.3) is 0 Å². The fourth-order valence-electron chi connectivity index (χ4n) is 1.40. The summed E-state index contributed by atoms with van der Waals surface area (Å²) >= 11 is 0. The highest BCUT2D eigenvalue weighted by atomic mass is 14.9. The van der Waals surface area contributed by atoms with Gasteiger partial charge in [0.25, 0.3) is 0 Å². The largest absolute Gasteiger partial charge is 0.382 e. The zero-order chi connectivity index (χ0) is 6.97. The minimum absolute atomic E-state index is 0.421. The standard InChI is InChI=1S/C8H10N2/c1-6-4-9-5-8-7(6)2-3-10-8/h2-5,7-8,10H,1H3. The van der Waals surface area contributed by atoms with E-state index in [-0.39, 0.29) is 0 Å². The molecule has 0 saturated carbocycles. The lowest BCUT2D eigenvalue weighted by Crippen LogP contribution is -2.30. The van der Waals surface area contributed by atoms with Crippen LogP contribution in [0.1, 0.15) is 6.92 Å². The highest BCUT2D eigenvalue weighted by Gasteiger charge is 2.23. The van der Waals surface area contributed by atoms with Crippen molar-refractivity contribution in [3.63, 3.8) is 0 Å². The van der Waals surface area contributed by atoms with Gasteiger partial charge >= 0.3 is 0 Å². The Hall–Kier alpha value is -1.05. The fraction of sp³-hybridized carbons (Fsp3) is 0.375. The van der Waals surface area contributed by atoms with Gasteiger partial charge < -0.3 is 5.32 Å². The Labute approximate surface area is 60.3 Å². The predicted octanol–water partition coefficient (Wildman–Crippen LogP) is 1.08. The van der Waals surface area contributed by atoms with E-state index in [9.17, 15) is 0 Å². The van der Waals surface area contributed by atoms with Crippen molar-refractivity contribution in [2.45, 2.75) is 13.0 Å². The summed E-state index contributed by atoms with van der Waals surface area (Å²) in [4.78, 5) is 4.11. The molecular weight excluding hydrogens is 124 g/mol. The van der Waals surface area contributed by atoms with Crippen LogP contribution < -0.4 is 5.32 Å². The van der Waals surface area contributed by atoms with E-state index in [4.69, 9.17) is 0 Å². The average Bonchev–Trinajstić information content (AvgIpc) is 2.36. The second-order valence-corrected chi connectivity index (χ2v) is 2.75. The van der Waals surface area contributed by atoms with Gasteiger partial charge in [0.05, 0.1) is 6.04 Å². The summed E-state index contributed by atoms with van der Waals surface area (Å²) in [6.45, 7) is 2.12. The van der Waals surface area contributed by atoms with Crippen molar-refractivity contribution in [1.82, 2.24) is 5.32 Å². The summed E-state index contributed by atoms with van der Waals surface area (Å²) in [5, 5.41) is 3.22. The van der Waals surface area contributed by atoms with E-state index >= 15 is 0 Å². The maximum absolute atomic E-state index is 4.11. The van der Waals surface area contributed by atoms with Gasteiger partial charge in [-0.05, 0) is 18.7 Å². The van der Waals surface area contributed by atoms with Gasteiger partial charge in [-0.2, -0.15) is 0 Å². The van der Waals surface area contributed by atoms with Crippen LogP contribution in [0, 0.1) is 5.92 Å². The van der Waals surface area contributed by atoms with Crippen molar-refractivity contribution in [2.24, 2.45) is 10.9 Å². The smallest absolute Gasteiger partial charge is 0.0711 e. The molecule has 52 valence electrons. The topological polar surface area (TPSA) is 24.4 Å². The van der Waals surface area contributed by atoms with Crippen molar-refractivity contribution >= 4 is 6.21 Å². The molecule has 0 aromatic carbocycles. The van der Waals surface area contributed by atoms with Crippen LogP contribution in [-0.4, -0.2) is 12.3 Å². The van der Waals surface area contributed by atoms with E-state index < -0.39 is 0 Å². The van der Waals surface area contributed by atoms with Crippen LogP contribution in [0.4, 0.5) is 0 Å². The van der Waals surface area contributed by atoms with E-state index in [0.717, 1.165) is 0 Å². The number of fused-ring (bicyclic) bond motifs is 1. The van der Waals surface area contributed by atoms with Gasteiger partial charge in [0.15, 0.2) is 0 Å². The normalized spacial score (nSPS) is 35.1. The Balaban J connectivity index is 2.30. The van der Waals surface area contributed by atoms with Gasteiger partial charge in [-0.25, -0.2) is 0 Å². The van der Waals surface area contributed by atoms with Gasteiger partial charge in [-0.15, -0.1) is 0 Å². The lowest BCUT2D eigenvalue weighted by molar-refractivity contribution is 0.657. The molecule has 0 aliphatic carbocycles. The monoisotopic (exact) mass is 134 g/mol. The molecule has 0 aromatic rings. The molecule has 2 atom stereocenters. The zero-order valence-electron chi connectivity index (χ0n) is 5.91. The molecule has 2 heterocycles. The van der Waals surface area contributed by atoms with E-state index in [0.29, 0.717) is 12.0 Å². The summed E-state index contributed by atoms with van der Waals surface area (Å²) in [7, 11) is 0. The molecule has 0 amide bonds. The molecule has 0 saturated heterocycles. The highest BCUT2D eigenvalue weighted by molar-refractivity contribution is 5.69. The molecule has 2 rings (SSSR count). The Kier molecular flexibility index (Phi) is 1.13. The molecule has 0 radical (unpaired) electrons. The second kappa shape index (κ2) is 1.97. The van der Waals surface area contributed by atoms with Crippen LogP contribution in [0.5, 0.6) is 0 Å². The molecule has 2 nitrogen and oxygen atoms in total. The molecule has 0 aromatic heterocycles. The summed E-state index contributed by atoms with van der Waals surface area (Å²) in [5.41, 5.74) is 1.34. The van der Waals surface area contributed by atoms with Crippen molar-refractivity contribution < 1.29 is 0 Å². The van der Waals surface area contributed by atoms with E-state index in [1.807, 2.05) is 18.6 Å². The predicted molar refractivity (Wildman–Crippen MR) is 41.8 cm³/mol. The highest BCUT2D eigenvalue weighted by Crippen LogP contribution is 2.22. The number of hydrogen-bond acceptors (Lipinski definition) is 2. The summed E-state index contributed by atoms with van der Waals surface area (Å²) in [6.07, 6.45) is 8.07. The van der Waals surface area contributed by atoms with E-state index in [2.05, 4.69) is 23.3 Å². The third kappa shape index (κ3) is 0.685. The molecule has 2 aliphatic rings. The lowest BCUT2D eigenvalue weighted by atomic mass is 9.94. The van der Waals surface area contributed by atoms with Gasteiger partial charge in [0, 0.05) is 18.3 Å². The molecular formula is C8H10N2. The zero-order valence-corrected chi connectivity index (χ0v) is 5.91. The first-order valence-electron chi connectivity index (χ1n) is 3.50. The number of nitrogens with zero attached hydrogens (tertiary/aromatic N) is 1. The van der Waals surface area contributed by atoms with Crippen LogP contribution in [0.15, 0.2) is 29.0 Å². The van der Waals surface area contributed by atoms with Crippen molar-refractivity contribution in [3.8, 4) is 0 Å². The third-order valence-electron chi connectivity index (χ3n) is 2.03. The van der Waals surface area contributed by atoms with E-state index in [1.54, 1.807) is 0 Å². The number of rotatable bonds is 0. The lowest BCUT2D eigenvalue weighted by Gasteiger charge is -2.18. The van der Waals surface area contributed by atoms with Crippen LogP contribution in [0.3, 0.4) is 0 Å². The number of hydrogen-bond donors (Lipinski definition) is 1. The van der Waals surface area contributed by atoms with Crippen LogP contribution in [-0.2, 0) is 0 Å². The fourth-order valence-corrected chi connectivity index (χ4v) is 1.40. The Morgan fingerprint density at radius 1 is 1.60 bits per heavy atom. The average molecular weight is 134 g/mol. The van der Waals surface area contributed by atoms with Gasteiger partial charge in [0.1, 0.15) is 0 Å². The first-order chi connectivity index (χ1) is 4.88. The Morgan fingerprint density at radius 3 is 3.30 bits per heavy atom. The molecule has 0 bridgehead atoms. The van der Waals surface area contributed by atoms with Crippen LogP contribution in [0.2, 0.25) is 0 Å². The molecule has 0 fully saturated rings. The summed E-state index contributed by atoms with van der Waals surface area (Å²) in [6, 6.07) is 0.421. The third-order valence-corrected chi connectivity index (χ3v) is 2.03. The minimum atomic E-state index is 0.421. The summed E-state index contributed by atoms with van der Waals surface area (Å²) in [5.74, 6) is 0.553. The molecule has 10 heavy (non-hydrogen) atoms. The van der Waals surface area contributed by atoms with Gasteiger partial charge in [0.2, 0.25) is 0 Å². The Bertz CT molecular complexity index is 225. The molecule has 2 aliphatic heterocycles. The maximum Gasteiger partial charge on any atom is 0.0711 e. The van der Waals surface area contributed by atoms with Crippen molar-refractivity contribution in [3.05, 3.63) is 24.0 Å². The van der Waals surface area contributed by atoms with E-state index in [1.165, 1.54) is 5.57 Å². The maximum atomic E-state index is 4.11. The molecule has 2 unspecified atom stereocenters. The first-order valence-corrected chi connectivity index (χ1v) is 3.50. The second-order valence-electron chi connectivity index (χ2n) is 2.75. The molecule has 0 spiro atoms. The first kappa shape index (κ1) is 5.71. The quantitative estimate of drug-likeness (QED) is 0.526. The minimum Gasteiger partial charge on any atom is -0.382 e. The van der Waals surface area contributed by atoms with Gasteiger partial charge in [-0.1, -0.05) is 6.08 Å². The SMILES string of the molecule is CC1=CN=CC2NC=CC12. The number of aliphatic imine (C=N–C) groups is 1.